The molecule has 22 heavy (non-hydrogen) atoms. The van der Waals surface area contributed by atoms with E-state index >= 15 is 0 Å². The molecular formula is C17H22N4O. The fraction of sp³-hybridized carbons (Fsp3) is 0.294. The third-order valence-corrected chi connectivity index (χ3v) is 3.16. The summed E-state index contributed by atoms with van der Waals surface area (Å²) in [6.07, 6.45) is 3.29. The van der Waals surface area contributed by atoms with E-state index in [1.807, 2.05) is 51.4 Å². The largest absolute Gasteiger partial charge is 0.382 e. The predicted octanol–water partition coefficient (Wildman–Crippen LogP) is 2.62. The molecule has 0 spiro atoms. The number of nitrogens with zero attached hydrogens (tertiary/aromatic N) is 2. The summed E-state index contributed by atoms with van der Waals surface area (Å²) in [4.78, 5) is 18.5. The molecule has 1 amide bonds. The Bertz CT molecular complexity index is 640. The molecule has 1 heterocycles. The highest BCUT2D eigenvalue weighted by atomic mass is 16.1. The van der Waals surface area contributed by atoms with E-state index in [1.54, 1.807) is 12.4 Å². The summed E-state index contributed by atoms with van der Waals surface area (Å²) in [6.45, 7) is 3.71. The number of hydrogen-bond acceptors (Lipinski definition) is 4. The van der Waals surface area contributed by atoms with Gasteiger partial charge in [0.25, 0.3) is 5.91 Å². The number of pyridine rings is 1. The maximum atomic E-state index is 12.3. The van der Waals surface area contributed by atoms with Crippen LogP contribution in [0.4, 0.5) is 11.4 Å². The van der Waals surface area contributed by atoms with E-state index in [4.69, 9.17) is 0 Å². The number of anilines is 2. The molecule has 0 aliphatic carbocycles. The van der Waals surface area contributed by atoms with Gasteiger partial charge in [0.15, 0.2) is 0 Å². The minimum absolute atomic E-state index is 0.158. The minimum Gasteiger partial charge on any atom is -0.382 e. The molecule has 0 atom stereocenters. The van der Waals surface area contributed by atoms with Crippen molar-refractivity contribution in [2.45, 2.75) is 6.92 Å². The number of amides is 1. The number of rotatable bonds is 6. The van der Waals surface area contributed by atoms with Gasteiger partial charge in [-0.2, -0.15) is 0 Å². The van der Waals surface area contributed by atoms with Crippen LogP contribution in [0.5, 0.6) is 0 Å². The van der Waals surface area contributed by atoms with E-state index in [1.165, 1.54) is 0 Å². The van der Waals surface area contributed by atoms with Crippen LogP contribution >= 0.6 is 0 Å². The van der Waals surface area contributed by atoms with E-state index in [-0.39, 0.29) is 5.91 Å². The van der Waals surface area contributed by atoms with Gasteiger partial charge in [0, 0.05) is 31.2 Å². The molecule has 2 N–H and O–H groups in total. The Hall–Kier alpha value is -2.40. The molecule has 1 aromatic carbocycles. The first-order chi connectivity index (χ1) is 10.5. The van der Waals surface area contributed by atoms with Gasteiger partial charge >= 0.3 is 0 Å². The molecule has 2 rings (SSSR count). The van der Waals surface area contributed by atoms with Gasteiger partial charge in [-0.3, -0.25) is 9.78 Å². The van der Waals surface area contributed by atoms with Gasteiger partial charge in [0.2, 0.25) is 0 Å². The normalized spacial score (nSPS) is 10.5. The van der Waals surface area contributed by atoms with Crippen molar-refractivity contribution in [2.24, 2.45) is 0 Å². The summed E-state index contributed by atoms with van der Waals surface area (Å²) in [5.74, 6) is -0.158. The van der Waals surface area contributed by atoms with E-state index in [9.17, 15) is 4.79 Å². The molecule has 5 nitrogen and oxygen atoms in total. The molecule has 116 valence electrons. The van der Waals surface area contributed by atoms with Crippen molar-refractivity contribution in [3.63, 3.8) is 0 Å². The predicted molar refractivity (Wildman–Crippen MR) is 90.4 cm³/mol. The molecule has 5 heteroatoms. The van der Waals surface area contributed by atoms with Gasteiger partial charge in [-0.1, -0.05) is 12.1 Å². The Balaban J connectivity index is 2.00. The van der Waals surface area contributed by atoms with Gasteiger partial charge in [0.1, 0.15) is 0 Å². The third kappa shape index (κ3) is 4.86. The van der Waals surface area contributed by atoms with E-state index < -0.39 is 0 Å². The maximum absolute atomic E-state index is 12.3. The van der Waals surface area contributed by atoms with Crippen LogP contribution in [0, 0.1) is 6.92 Å². The molecule has 0 aliphatic rings. The average molecular weight is 298 g/mol. The second-order valence-electron chi connectivity index (χ2n) is 5.52. The lowest BCUT2D eigenvalue weighted by Gasteiger charge is -2.12. The van der Waals surface area contributed by atoms with Crippen molar-refractivity contribution in [3.05, 3.63) is 53.9 Å². The van der Waals surface area contributed by atoms with E-state index in [0.717, 1.165) is 30.0 Å². The lowest BCUT2D eigenvalue weighted by atomic mass is 10.2. The number of nitrogens with one attached hydrogen (secondary N) is 2. The zero-order valence-corrected chi connectivity index (χ0v) is 13.3. The lowest BCUT2D eigenvalue weighted by molar-refractivity contribution is 0.102. The lowest BCUT2D eigenvalue weighted by Crippen LogP contribution is -2.21. The molecular weight excluding hydrogens is 276 g/mol. The molecule has 0 unspecified atom stereocenters. The smallest absolute Gasteiger partial charge is 0.257 e. The van der Waals surface area contributed by atoms with Crippen molar-refractivity contribution < 1.29 is 4.79 Å². The van der Waals surface area contributed by atoms with Gasteiger partial charge < -0.3 is 15.5 Å². The van der Waals surface area contributed by atoms with Crippen molar-refractivity contribution in [2.75, 3.05) is 37.8 Å². The molecule has 0 radical (unpaired) electrons. The Morgan fingerprint density at radius 1 is 1.18 bits per heavy atom. The van der Waals surface area contributed by atoms with E-state index in [2.05, 4.69) is 20.5 Å². The number of aromatic nitrogens is 1. The third-order valence-electron chi connectivity index (χ3n) is 3.16. The monoisotopic (exact) mass is 298 g/mol. The summed E-state index contributed by atoms with van der Waals surface area (Å²) in [5.41, 5.74) is 3.28. The minimum atomic E-state index is -0.158. The molecule has 0 saturated carbocycles. The number of benzene rings is 1. The zero-order valence-electron chi connectivity index (χ0n) is 13.3. The fourth-order valence-electron chi connectivity index (χ4n) is 2.01. The highest BCUT2D eigenvalue weighted by Gasteiger charge is 2.07. The van der Waals surface area contributed by atoms with Crippen LogP contribution in [0.1, 0.15) is 15.9 Å². The van der Waals surface area contributed by atoms with Crippen LogP contribution < -0.4 is 10.6 Å². The van der Waals surface area contributed by atoms with Crippen LogP contribution in [0.2, 0.25) is 0 Å². The zero-order chi connectivity index (χ0) is 15.9. The number of carbonyl (C=O) groups excluding carboxylic acids is 1. The maximum Gasteiger partial charge on any atom is 0.257 e. The van der Waals surface area contributed by atoms with Gasteiger partial charge in [-0.05, 0) is 44.8 Å². The van der Waals surface area contributed by atoms with Gasteiger partial charge in [-0.15, -0.1) is 0 Å². The van der Waals surface area contributed by atoms with Crippen LogP contribution in [-0.4, -0.2) is 43.0 Å². The summed E-state index contributed by atoms with van der Waals surface area (Å²) >= 11 is 0. The topological polar surface area (TPSA) is 57.3 Å². The van der Waals surface area contributed by atoms with Crippen molar-refractivity contribution in [3.8, 4) is 0 Å². The Kier molecular flexibility index (Phi) is 5.49. The van der Waals surface area contributed by atoms with Crippen molar-refractivity contribution in [1.82, 2.24) is 9.88 Å². The molecule has 2 aromatic rings. The first-order valence-electron chi connectivity index (χ1n) is 7.26. The van der Waals surface area contributed by atoms with Crippen molar-refractivity contribution in [1.29, 1.82) is 0 Å². The summed E-state index contributed by atoms with van der Waals surface area (Å²) < 4.78 is 0. The standard InChI is InChI=1S/C17H22N4O/c1-13-5-4-6-15(9-13)20-17(22)14-10-16(12-18-11-14)19-7-8-21(2)3/h4-6,9-12,19H,7-8H2,1-3H3,(H,20,22). The van der Waals surface area contributed by atoms with Crippen LogP contribution in [0.15, 0.2) is 42.7 Å². The van der Waals surface area contributed by atoms with E-state index in [0.29, 0.717) is 5.56 Å². The average Bonchev–Trinajstić information content (AvgIpc) is 2.47. The van der Waals surface area contributed by atoms with Crippen LogP contribution in [0.25, 0.3) is 0 Å². The summed E-state index contributed by atoms with van der Waals surface area (Å²) in [7, 11) is 4.04. The number of likely N-dealkylation sites (N-methyl/N-ethyl adjacent to an activating group) is 1. The first kappa shape index (κ1) is 16.0. The Labute approximate surface area is 131 Å². The number of carbonyl (C=O) groups is 1. The highest BCUT2D eigenvalue weighted by Crippen LogP contribution is 2.13. The van der Waals surface area contributed by atoms with Crippen molar-refractivity contribution >= 4 is 17.3 Å². The van der Waals surface area contributed by atoms with Crippen LogP contribution in [0.3, 0.4) is 0 Å². The summed E-state index contributed by atoms with van der Waals surface area (Å²) in [6, 6.07) is 9.53. The highest BCUT2D eigenvalue weighted by molar-refractivity contribution is 6.04. The molecule has 1 aromatic heterocycles. The Morgan fingerprint density at radius 3 is 2.73 bits per heavy atom. The SMILES string of the molecule is Cc1cccc(NC(=O)c2cncc(NCCN(C)C)c2)c1. The second kappa shape index (κ2) is 7.56. The second-order valence-corrected chi connectivity index (χ2v) is 5.52. The van der Waals surface area contributed by atoms with Gasteiger partial charge in [-0.25, -0.2) is 0 Å². The quantitative estimate of drug-likeness (QED) is 0.861. The summed E-state index contributed by atoms with van der Waals surface area (Å²) in [5, 5.41) is 6.15. The fourth-order valence-corrected chi connectivity index (χ4v) is 2.01. The molecule has 0 saturated heterocycles. The van der Waals surface area contributed by atoms with Crippen LogP contribution in [-0.2, 0) is 0 Å². The van der Waals surface area contributed by atoms with Gasteiger partial charge in [0.05, 0.1) is 11.3 Å². The molecule has 0 bridgehead atoms. The first-order valence-corrected chi connectivity index (χ1v) is 7.26. The number of aryl methyl sites for hydroxylation is 1. The Morgan fingerprint density at radius 2 is 2.00 bits per heavy atom. The molecule has 0 aliphatic heterocycles. The number of hydrogen-bond donors (Lipinski definition) is 2. The molecule has 0 fully saturated rings.